The summed E-state index contributed by atoms with van der Waals surface area (Å²) < 4.78 is 18.4. The fourth-order valence-corrected chi connectivity index (χ4v) is 5.67. The number of benzene rings is 1. The lowest BCUT2D eigenvalue weighted by atomic mass is 9.69. The van der Waals surface area contributed by atoms with Crippen molar-refractivity contribution in [3.8, 4) is 5.75 Å². The SMILES string of the molecule is Cc1ccc2c(c1)OC1(CCN(C(=O)C3CCOCC3)CC1)[C@H]1CCCO[C@H]21. The Morgan fingerprint density at radius 1 is 1.11 bits per heavy atom. The zero-order valence-corrected chi connectivity index (χ0v) is 16.8. The number of carbonyl (C=O) groups excluding carboxylic acids is 1. The Hall–Kier alpha value is -1.59. The zero-order chi connectivity index (χ0) is 19.1. The first-order valence-corrected chi connectivity index (χ1v) is 10.9. The largest absolute Gasteiger partial charge is 0.486 e. The van der Waals surface area contributed by atoms with Crippen molar-refractivity contribution >= 4 is 5.91 Å². The predicted octanol–water partition coefficient (Wildman–Crippen LogP) is 3.64. The van der Waals surface area contributed by atoms with Gasteiger partial charge < -0.3 is 19.1 Å². The first-order valence-electron chi connectivity index (χ1n) is 10.9. The van der Waals surface area contributed by atoms with Gasteiger partial charge in [0.1, 0.15) is 11.4 Å². The second-order valence-corrected chi connectivity index (χ2v) is 8.96. The maximum Gasteiger partial charge on any atom is 0.225 e. The van der Waals surface area contributed by atoms with Gasteiger partial charge in [-0.05, 0) is 44.2 Å². The van der Waals surface area contributed by atoms with Crippen molar-refractivity contribution in [2.24, 2.45) is 11.8 Å². The van der Waals surface area contributed by atoms with Gasteiger partial charge in [-0.3, -0.25) is 4.79 Å². The van der Waals surface area contributed by atoms with E-state index in [1.54, 1.807) is 0 Å². The van der Waals surface area contributed by atoms with Gasteiger partial charge >= 0.3 is 0 Å². The van der Waals surface area contributed by atoms with Gasteiger partial charge in [-0.25, -0.2) is 0 Å². The third-order valence-corrected chi connectivity index (χ3v) is 7.28. The van der Waals surface area contributed by atoms with Crippen molar-refractivity contribution in [3.63, 3.8) is 0 Å². The van der Waals surface area contributed by atoms with E-state index in [0.717, 1.165) is 64.0 Å². The summed E-state index contributed by atoms with van der Waals surface area (Å²) in [6.07, 6.45) is 5.91. The van der Waals surface area contributed by atoms with Gasteiger partial charge in [0.25, 0.3) is 0 Å². The van der Waals surface area contributed by atoms with Crippen LogP contribution in [0.2, 0.25) is 0 Å². The molecule has 5 nitrogen and oxygen atoms in total. The molecule has 0 aliphatic carbocycles. The Morgan fingerprint density at radius 2 is 1.89 bits per heavy atom. The van der Waals surface area contributed by atoms with Crippen molar-refractivity contribution < 1.29 is 19.0 Å². The van der Waals surface area contributed by atoms with Gasteiger partial charge in [-0.1, -0.05) is 12.1 Å². The monoisotopic (exact) mass is 385 g/mol. The Kier molecular flexibility index (Phi) is 4.84. The minimum atomic E-state index is -0.196. The van der Waals surface area contributed by atoms with E-state index >= 15 is 0 Å². The van der Waals surface area contributed by atoms with Gasteiger partial charge in [-0.15, -0.1) is 0 Å². The van der Waals surface area contributed by atoms with Crippen LogP contribution in [0.4, 0.5) is 0 Å². The molecule has 0 unspecified atom stereocenters. The highest BCUT2D eigenvalue weighted by Crippen LogP contribution is 2.53. The van der Waals surface area contributed by atoms with Crippen molar-refractivity contribution in [2.45, 2.75) is 57.2 Å². The van der Waals surface area contributed by atoms with E-state index < -0.39 is 0 Å². The van der Waals surface area contributed by atoms with E-state index in [1.807, 2.05) is 0 Å². The Morgan fingerprint density at radius 3 is 2.68 bits per heavy atom. The molecular weight excluding hydrogens is 354 g/mol. The molecule has 0 saturated carbocycles. The highest BCUT2D eigenvalue weighted by Gasteiger charge is 2.53. The van der Waals surface area contributed by atoms with Crippen LogP contribution in [0.3, 0.4) is 0 Å². The molecule has 1 aromatic rings. The summed E-state index contributed by atoms with van der Waals surface area (Å²) in [4.78, 5) is 15.0. The molecule has 4 aliphatic rings. The molecule has 4 heterocycles. The third-order valence-electron chi connectivity index (χ3n) is 7.28. The number of likely N-dealkylation sites (tertiary alicyclic amines) is 1. The molecule has 0 N–H and O–H groups in total. The number of hydrogen-bond acceptors (Lipinski definition) is 4. The fraction of sp³-hybridized carbons (Fsp3) is 0.696. The zero-order valence-electron chi connectivity index (χ0n) is 16.8. The van der Waals surface area contributed by atoms with Gasteiger partial charge in [0.15, 0.2) is 0 Å². The average Bonchev–Trinajstić information content (AvgIpc) is 2.74. The second-order valence-electron chi connectivity index (χ2n) is 8.96. The number of rotatable bonds is 1. The van der Waals surface area contributed by atoms with Crippen LogP contribution in [0.15, 0.2) is 18.2 Å². The lowest BCUT2D eigenvalue weighted by Crippen LogP contribution is -2.58. The van der Waals surface area contributed by atoms with Crippen molar-refractivity contribution in [1.82, 2.24) is 4.90 Å². The summed E-state index contributed by atoms with van der Waals surface area (Å²) >= 11 is 0. The number of piperidine rings is 1. The number of fused-ring (bicyclic) bond motifs is 4. The molecule has 3 saturated heterocycles. The topological polar surface area (TPSA) is 48.0 Å². The second kappa shape index (κ2) is 7.34. The van der Waals surface area contributed by atoms with Crippen molar-refractivity contribution in [2.75, 3.05) is 32.9 Å². The van der Waals surface area contributed by atoms with Gasteiger partial charge in [0.2, 0.25) is 5.91 Å². The molecule has 1 spiro atoms. The van der Waals surface area contributed by atoms with Crippen LogP contribution in [0, 0.1) is 18.8 Å². The number of nitrogens with zero attached hydrogens (tertiary/aromatic N) is 1. The lowest BCUT2D eigenvalue weighted by Gasteiger charge is -2.53. The maximum atomic E-state index is 13.0. The normalized spacial score (nSPS) is 29.7. The lowest BCUT2D eigenvalue weighted by molar-refractivity contribution is -0.160. The number of hydrogen-bond donors (Lipinski definition) is 0. The summed E-state index contributed by atoms with van der Waals surface area (Å²) in [7, 11) is 0. The molecule has 5 heteroatoms. The molecule has 1 amide bonds. The van der Waals surface area contributed by atoms with E-state index in [9.17, 15) is 4.79 Å². The molecule has 3 fully saturated rings. The van der Waals surface area contributed by atoms with E-state index in [4.69, 9.17) is 14.2 Å². The van der Waals surface area contributed by atoms with Gasteiger partial charge in [-0.2, -0.15) is 0 Å². The van der Waals surface area contributed by atoms with Crippen LogP contribution in [0.25, 0.3) is 0 Å². The molecule has 2 atom stereocenters. The smallest absolute Gasteiger partial charge is 0.225 e. The highest BCUT2D eigenvalue weighted by molar-refractivity contribution is 5.79. The molecule has 152 valence electrons. The summed E-state index contributed by atoms with van der Waals surface area (Å²) in [5.74, 6) is 1.84. The van der Waals surface area contributed by atoms with Crippen molar-refractivity contribution in [3.05, 3.63) is 29.3 Å². The quantitative estimate of drug-likeness (QED) is 0.741. The summed E-state index contributed by atoms with van der Waals surface area (Å²) in [6.45, 7) is 5.96. The molecule has 1 aromatic carbocycles. The Balaban J connectivity index is 1.36. The van der Waals surface area contributed by atoms with Gasteiger partial charge in [0, 0.05) is 63.2 Å². The summed E-state index contributed by atoms with van der Waals surface area (Å²) in [5.41, 5.74) is 2.23. The maximum absolute atomic E-state index is 13.0. The van der Waals surface area contributed by atoms with Crippen LogP contribution >= 0.6 is 0 Å². The standard InChI is InChI=1S/C23H31NO4/c1-16-4-5-18-20(15-16)28-23(19-3-2-12-27-21(18)19)8-10-24(11-9-23)22(25)17-6-13-26-14-7-17/h4-5,15,17,19,21H,2-3,6-14H2,1H3/t19-,21+/m0/s1. The molecule has 0 bridgehead atoms. The van der Waals surface area contributed by atoms with E-state index in [-0.39, 0.29) is 17.6 Å². The molecule has 0 radical (unpaired) electrons. The molecule has 0 aromatic heterocycles. The van der Waals surface area contributed by atoms with E-state index in [2.05, 4.69) is 30.0 Å². The first-order chi connectivity index (χ1) is 13.7. The summed E-state index contributed by atoms with van der Waals surface area (Å²) in [6, 6.07) is 6.50. The van der Waals surface area contributed by atoms with Crippen LogP contribution < -0.4 is 4.74 Å². The number of carbonyl (C=O) groups is 1. The third kappa shape index (κ3) is 3.13. The molecule has 5 rings (SSSR count). The minimum Gasteiger partial charge on any atom is -0.486 e. The van der Waals surface area contributed by atoms with E-state index in [0.29, 0.717) is 25.0 Å². The van der Waals surface area contributed by atoms with Crippen LogP contribution in [-0.4, -0.2) is 49.3 Å². The average molecular weight is 386 g/mol. The van der Waals surface area contributed by atoms with Crippen LogP contribution in [0.1, 0.15) is 55.8 Å². The van der Waals surface area contributed by atoms with Crippen molar-refractivity contribution in [1.29, 1.82) is 0 Å². The molecule has 28 heavy (non-hydrogen) atoms. The Bertz CT molecular complexity index is 734. The number of aryl methyl sites for hydroxylation is 1. The predicted molar refractivity (Wildman–Crippen MR) is 105 cm³/mol. The van der Waals surface area contributed by atoms with Crippen LogP contribution in [-0.2, 0) is 14.3 Å². The minimum absolute atomic E-state index is 0.135. The van der Waals surface area contributed by atoms with E-state index in [1.165, 1.54) is 11.1 Å². The number of ether oxygens (including phenoxy) is 3. The van der Waals surface area contributed by atoms with Crippen LogP contribution in [0.5, 0.6) is 5.75 Å². The first kappa shape index (κ1) is 18.4. The molecule has 4 aliphatic heterocycles. The highest BCUT2D eigenvalue weighted by atomic mass is 16.5. The number of amides is 1. The molecular formula is C23H31NO4. The fourth-order valence-electron chi connectivity index (χ4n) is 5.67. The van der Waals surface area contributed by atoms with Gasteiger partial charge in [0.05, 0.1) is 6.10 Å². The summed E-state index contributed by atoms with van der Waals surface area (Å²) in [5, 5.41) is 0. The Labute approximate surface area is 167 Å².